The van der Waals surface area contributed by atoms with Gasteiger partial charge in [0, 0.05) is 32.7 Å². The Bertz CT molecular complexity index is 459. The Morgan fingerprint density at radius 2 is 1.95 bits per heavy atom. The lowest BCUT2D eigenvalue weighted by Crippen LogP contribution is -2.49. The summed E-state index contributed by atoms with van der Waals surface area (Å²) in [6.07, 6.45) is -0.217. The molecule has 1 aliphatic rings. The number of piperazine rings is 1. The molecule has 0 radical (unpaired) electrons. The van der Waals surface area contributed by atoms with E-state index in [-0.39, 0.29) is 6.09 Å². The molecule has 21 heavy (non-hydrogen) atoms. The lowest BCUT2D eigenvalue weighted by Gasteiger charge is -2.33. The average molecular weight is 293 g/mol. The highest BCUT2D eigenvalue weighted by atomic mass is 16.6. The molecule has 1 fully saturated rings. The van der Waals surface area contributed by atoms with Crippen molar-refractivity contribution in [2.24, 2.45) is 0 Å². The Morgan fingerprint density at radius 1 is 1.24 bits per heavy atom. The monoisotopic (exact) mass is 293 g/mol. The van der Waals surface area contributed by atoms with E-state index in [4.69, 9.17) is 15.2 Å². The van der Waals surface area contributed by atoms with E-state index < -0.39 is 0 Å². The van der Waals surface area contributed by atoms with Crippen LogP contribution in [-0.2, 0) is 4.74 Å². The van der Waals surface area contributed by atoms with E-state index in [0.717, 1.165) is 25.4 Å². The number of carbonyl (C=O) groups is 1. The van der Waals surface area contributed by atoms with Gasteiger partial charge in [0.25, 0.3) is 0 Å². The molecule has 1 aliphatic heterocycles. The van der Waals surface area contributed by atoms with Crippen molar-refractivity contribution in [2.45, 2.75) is 6.92 Å². The maximum absolute atomic E-state index is 11.6. The van der Waals surface area contributed by atoms with Crippen LogP contribution in [-0.4, -0.2) is 61.8 Å². The van der Waals surface area contributed by atoms with Crippen LogP contribution in [0.1, 0.15) is 6.92 Å². The number of hydrogen-bond acceptors (Lipinski definition) is 5. The van der Waals surface area contributed by atoms with E-state index in [0.29, 0.717) is 32.0 Å². The third kappa shape index (κ3) is 4.53. The molecule has 1 amide bonds. The summed E-state index contributed by atoms with van der Waals surface area (Å²) in [5, 5.41) is 0. The van der Waals surface area contributed by atoms with E-state index in [2.05, 4.69) is 4.90 Å². The third-order valence-electron chi connectivity index (χ3n) is 3.48. The third-order valence-corrected chi connectivity index (χ3v) is 3.48. The molecule has 0 spiro atoms. The first kappa shape index (κ1) is 15.4. The van der Waals surface area contributed by atoms with E-state index in [9.17, 15) is 4.79 Å². The maximum Gasteiger partial charge on any atom is 0.409 e. The van der Waals surface area contributed by atoms with Gasteiger partial charge in [-0.3, -0.25) is 4.90 Å². The quantitative estimate of drug-likeness (QED) is 0.832. The summed E-state index contributed by atoms with van der Waals surface area (Å²) in [5.74, 6) is 0.725. The van der Waals surface area contributed by atoms with Crippen LogP contribution in [0.5, 0.6) is 5.75 Å². The second-order valence-corrected chi connectivity index (χ2v) is 4.91. The number of ether oxygens (including phenoxy) is 2. The number of carbonyl (C=O) groups excluding carboxylic acids is 1. The van der Waals surface area contributed by atoms with E-state index in [1.54, 1.807) is 4.90 Å². The highest BCUT2D eigenvalue weighted by molar-refractivity contribution is 5.67. The second-order valence-electron chi connectivity index (χ2n) is 4.91. The predicted octanol–water partition coefficient (Wildman–Crippen LogP) is 1.42. The van der Waals surface area contributed by atoms with Crippen molar-refractivity contribution >= 4 is 11.8 Å². The van der Waals surface area contributed by atoms with E-state index in [1.165, 1.54) is 0 Å². The van der Waals surface area contributed by atoms with E-state index in [1.807, 2.05) is 31.2 Å². The maximum atomic E-state index is 11.6. The summed E-state index contributed by atoms with van der Waals surface area (Å²) < 4.78 is 10.7. The first-order valence-corrected chi connectivity index (χ1v) is 7.32. The molecule has 0 atom stereocenters. The number of nitrogen functional groups attached to an aromatic ring is 1. The first-order chi connectivity index (χ1) is 10.2. The Hall–Kier alpha value is -1.95. The number of benzene rings is 1. The van der Waals surface area contributed by atoms with Gasteiger partial charge >= 0.3 is 6.09 Å². The summed E-state index contributed by atoms with van der Waals surface area (Å²) in [6, 6.07) is 7.49. The number of hydrogen-bond donors (Lipinski definition) is 1. The Kier molecular flexibility index (Phi) is 5.68. The van der Waals surface area contributed by atoms with Gasteiger partial charge in [0.1, 0.15) is 12.4 Å². The minimum atomic E-state index is -0.217. The summed E-state index contributed by atoms with van der Waals surface area (Å²) >= 11 is 0. The van der Waals surface area contributed by atoms with E-state index >= 15 is 0 Å². The van der Waals surface area contributed by atoms with Gasteiger partial charge in [-0.25, -0.2) is 4.79 Å². The number of nitrogens with two attached hydrogens (primary N) is 1. The van der Waals surface area contributed by atoms with Crippen molar-refractivity contribution in [3.63, 3.8) is 0 Å². The van der Waals surface area contributed by atoms with Crippen LogP contribution in [0.15, 0.2) is 24.3 Å². The molecule has 0 bridgehead atoms. The number of rotatable bonds is 5. The number of amides is 1. The van der Waals surface area contributed by atoms with Crippen LogP contribution in [0.4, 0.5) is 10.5 Å². The van der Waals surface area contributed by atoms with Gasteiger partial charge in [-0.1, -0.05) is 12.1 Å². The van der Waals surface area contributed by atoms with Crippen molar-refractivity contribution in [1.29, 1.82) is 0 Å². The minimum Gasteiger partial charge on any atom is -0.490 e. The van der Waals surface area contributed by atoms with Gasteiger partial charge < -0.3 is 20.1 Å². The van der Waals surface area contributed by atoms with Crippen LogP contribution in [0.25, 0.3) is 0 Å². The fourth-order valence-electron chi connectivity index (χ4n) is 2.27. The molecule has 0 aliphatic carbocycles. The zero-order valence-corrected chi connectivity index (χ0v) is 12.5. The molecule has 1 aromatic rings. The molecule has 2 N–H and O–H groups in total. The fourth-order valence-corrected chi connectivity index (χ4v) is 2.27. The van der Waals surface area contributed by atoms with Crippen molar-refractivity contribution in [3.05, 3.63) is 24.3 Å². The molecular weight excluding hydrogens is 270 g/mol. The van der Waals surface area contributed by atoms with Crippen LogP contribution >= 0.6 is 0 Å². The molecular formula is C15H23N3O3. The van der Waals surface area contributed by atoms with Crippen LogP contribution in [0.3, 0.4) is 0 Å². The standard InChI is InChI=1S/C15H23N3O3/c1-2-20-15(19)18-9-7-17(8-10-18)11-12-21-14-6-4-3-5-13(14)16/h3-6H,2,7-12,16H2,1H3. The van der Waals surface area contributed by atoms with Gasteiger partial charge in [0.2, 0.25) is 0 Å². The number of para-hydroxylation sites is 2. The van der Waals surface area contributed by atoms with Gasteiger partial charge in [0.05, 0.1) is 12.3 Å². The smallest absolute Gasteiger partial charge is 0.409 e. The first-order valence-electron chi connectivity index (χ1n) is 7.32. The molecule has 1 heterocycles. The Balaban J connectivity index is 1.67. The van der Waals surface area contributed by atoms with Gasteiger partial charge in [-0.15, -0.1) is 0 Å². The topological polar surface area (TPSA) is 68.0 Å². The predicted molar refractivity (Wildman–Crippen MR) is 81.4 cm³/mol. The average Bonchev–Trinajstić information content (AvgIpc) is 2.50. The number of anilines is 1. The summed E-state index contributed by atoms with van der Waals surface area (Å²) in [5.41, 5.74) is 6.48. The summed E-state index contributed by atoms with van der Waals surface area (Å²) in [7, 11) is 0. The van der Waals surface area contributed by atoms with Crippen LogP contribution < -0.4 is 10.5 Å². The van der Waals surface area contributed by atoms with Crippen LogP contribution in [0, 0.1) is 0 Å². The molecule has 1 saturated heterocycles. The molecule has 6 heteroatoms. The lowest BCUT2D eigenvalue weighted by molar-refractivity contribution is 0.0758. The van der Waals surface area contributed by atoms with Gasteiger partial charge in [0.15, 0.2) is 0 Å². The normalized spacial score (nSPS) is 15.8. The summed E-state index contributed by atoms with van der Waals surface area (Å²) in [4.78, 5) is 15.6. The van der Waals surface area contributed by atoms with Crippen molar-refractivity contribution in [2.75, 3.05) is 51.7 Å². The summed E-state index contributed by atoms with van der Waals surface area (Å²) in [6.45, 7) is 6.74. The Labute approximate surface area is 125 Å². The van der Waals surface area contributed by atoms with Crippen molar-refractivity contribution < 1.29 is 14.3 Å². The largest absolute Gasteiger partial charge is 0.490 e. The SMILES string of the molecule is CCOC(=O)N1CCN(CCOc2ccccc2N)CC1. The fraction of sp³-hybridized carbons (Fsp3) is 0.533. The molecule has 6 nitrogen and oxygen atoms in total. The second kappa shape index (κ2) is 7.73. The highest BCUT2D eigenvalue weighted by Gasteiger charge is 2.21. The molecule has 2 rings (SSSR count). The molecule has 0 saturated carbocycles. The van der Waals surface area contributed by atoms with Crippen LogP contribution in [0.2, 0.25) is 0 Å². The molecule has 0 aromatic heterocycles. The molecule has 0 unspecified atom stereocenters. The highest BCUT2D eigenvalue weighted by Crippen LogP contribution is 2.19. The lowest BCUT2D eigenvalue weighted by atomic mass is 10.3. The molecule has 116 valence electrons. The zero-order valence-electron chi connectivity index (χ0n) is 12.5. The van der Waals surface area contributed by atoms with Gasteiger partial charge in [-0.05, 0) is 19.1 Å². The number of nitrogens with zero attached hydrogens (tertiary/aromatic N) is 2. The zero-order chi connectivity index (χ0) is 15.1. The van der Waals surface area contributed by atoms with Gasteiger partial charge in [-0.2, -0.15) is 0 Å². The minimum absolute atomic E-state index is 0.217. The molecule has 1 aromatic carbocycles. The Morgan fingerprint density at radius 3 is 2.62 bits per heavy atom. The van der Waals surface area contributed by atoms with Crippen molar-refractivity contribution in [3.8, 4) is 5.75 Å². The van der Waals surface area contributed by atoms with Crippen molar-refractivity contribution in [1.82, 2.24) is 9.80 Å².